The monoisotopic (exact) mass is 540 g/mol. The molecule has 1 amide bonds. The fourth-order valence-electron chi connectivity index (χ4n) is 2.77. The van der Waals surface area contributed by atoms with Crippen LogP contribution in [0.1, 0.15) is 41.8 Å². The average molecular weight is 540 g/mol. The van der Waals surface area contributed by atoms with Crippen LogP contribution in [0.4, 0.5) is 0 Å². The minimum absolute atomic E-state index is 0. The molecule has 0 bridgehead atoms. The second-order valence-electron chi connectivity index (χ2n) is 6.94. The van der Waals surface area contributed by atoms with Crippen molar-refractivity contribution in [3.05, 3.63) is 59.2 Å². The first-order valence-electron chi connectivity index (χ1n) is 10.1. The van der Waals surface area contributed by atoms with Gasteiger partial charge in [0.2, 0.25) is 0 Å². The van der Waals surface area contributed by atoms with Gasteiger partial charge in [0.05, 0.1) is 14.2 Å². The maximum atomic E-state index is 12.2. The molecular formula is C23H33IN4O3. The van der Waals surface area contributed by atoms with Crippen molar-refractivity contribution in [2.75, 3.05) is 21.3 Å². The van der Waals surface area contributed by atoms with Crippen LogP contribution in [0.15, 0.2) is 47.5 Å². The van der Waals surface area contributed by atoms with E-state index >= 15 is 0 Å². The first-order chi connectivity index (χ1) is 14.5. The molecule has 0 aliphatic heterocycles. The van der Waals surface area contributed by atoms with Gasteiger partial charge < -0.3 is 25.4 Å². The smallest absolute Gasteiger partial charge is 0.251 e. The van der Waals surface area contributed by atoms with E-state index in [9.17, 15) is 4.79 Å². The van der Waals surface area contributed by atoms with Gasteiger partial charge in [0.25, 0.3) is 5.91 Å². The van der Waals surface area contributed by atoms with Crippen molar-refractivity contribution in [3.63, 3.8) is 0 Å². The first kappa shape index (κ1) is 26.5. The summed E-state index contributed by atoms with van der Waals surface area (Å²) in [6, 6.07) is 13.4. The van der Waals surface area contributed by atoms with E-state index in [4.69, 9.17) is 9.47 Å². The van der Waals surface area contributed by atoms with Gasteiger partial charge in [-0.05, 0) is 43.2 Å². The van der Waals surface area contributed by atoms with Crippen molar-refractivity contribution in [2.45, 2.75) is 39.4 Å². The Kier molecular flexibility index (Phi) is 11.8. The van der Waals surface area contributed by atoms with Crippen LogP contribution in [-0.4, -0.2) is 39.2 Å². The number of hydrogen-bond acceptors (Lipinski definition) is 4. The minimum atomic E-state index is -0.0465. The number of halogens is 1. The van der Waals surface area contributed by atoms with Crippen molar-refractivity contribution in [2.24, 2.45) is 4.99 Å². The number of carbonyl (C=O) groups excluding carboxylic acids is 1. The van der Waals surface area contributed by atoms with Crippen LogP contribution in [0.3, 0.4) is 0 Å². The molecule has 2 aromatic carbocycles. The summed E-state index contributed by atoms with van der Waals surface area (Å²) in [7, 11) is 4.99. The van der Waals surface area contributed by atoms with Crippen LogP contribution >= 0.6 is 24.0 Å². The third-order valence-electron chi connectivity index (χ3n) is 4.83. The summed E-state index contributed by atoms with van der Waals surface area (Å²) in [5, 5.41) is 9.53. The number of carbonyl (C=O) groups is 1. The number of hydrogen-bond donors (Lipinski definition) is 3. The van der Waals surface area contributed by atoms with Gasteiger partial charge >= 0.3 is 0 Å². The zero-order valence-corrected chi connectivity index (χ0v) is 21.2. The molecular weight excluding hydrogens is 507 g/mol. The van der Waals surface area contributed by atoms with Crippen LogP contribution in [-0.2, 0) is 13.1 Å². The van der Waals surface area contributed by atoms with Crippen LogP contribution in [0.5, 0.6) is 11.5 Å². The van der Waals surface area contributed by atoms with Gasteiger partial charge in [-0.2, -0.15) is 0 Å². The predicted molar refractivity (Wildman–Crippen MR) is 136 cm³/mol. The summed E-state index contributed by atoms with van der Waals surface area (Å²) in [5.74, 6) is 2.13. The molecule has 170 valence electrons. The van der Waals surface area contributed by atoms with E-state index in [0.717, 1.165) is 29.0 Å². The average Bonchev–Trinajstić information content (AvgIpc) is 2.79. The lowest BCUT2D eigenvalue weighted by Gasteiger charge is -2.15. The highest BCUT2D eigenvalue weighted by Gasteiger charge is 2.09. The Bertz CT molecular complexity index is 856. The summed E-state index contributed by atoms with van der Waals surface area (Å²) in [4.78, 5) is 16.4. The number of aliphatic imine (C=N–C) groups is 1. The van der Waals surface area contributed by atoms with Gasteiger partial charge in [0.1, 0.15) is 11.5 Å². The number of nitrogens with zero attached hydrogens (tertiary/aromatic N) is 1. The molecule has 0 fully saturated rings. The van der Waals surface area contributed by atoms with Gasteiger partial charge in [-0.3, -0.25) is 9.79 Å². The fraction of sp³-hybridized carbons (Fsp3) is 0.391. The second-order valence-corrected chi connectivity index (χ2v) is 6.94. The molecule has 8 heteroatoms. The second kappa shape index (κ2) is 13.7. The molecule has 0 heterocycles. The Balaban J connectivity index is 0.00000480. The summed E-state index contributed by atoms with van der Waals surface area (Å²) >= 11 is 0. The number of benzene rings is 2. The molecule has 0 aliphatic carbocycles. The largest absolute Gasteiger partial charge is 0.497 e. The molecule has 2 aromatic rings. The topological polar surface area (TPSA) is 84.0 Å². The Morgan fingerprint density at radius 2 is 1.71 bits per heavy atom. The Morgan fingerprint density at radius 3 is 2.29 bits per heavy atom. The molecule has 2 rings (SSSR count). The quantitative estimate of drug-likeness (QED) is 0.257. The number of amides is 1. The van der Waals surface area contributed by atoms with Gasteiger partial charge in [-0.1, -0.05) is 19.1 Å². The molecule has 0 saturated carbocycles. The van der Waals surface area contributed by atoms with Crippen LogP contribution in [0.25, 0.3) is 0 Å². The molecule has 1 atom stereocenters. The highest BCUT2D eigenvalue weighted by Crippen LogP contribution is 2.24. The van der Waals surface area contributed by atoms with Gasteiger partial charge in [-0.25, -0.2) is 0 Å². The SMILES string of the molecule is CCC(C)NC(=O)c1ccc(CNC(=NC)NCc2ccc(OC)cc2OC)cc1.I. The molecule has 3 N–H and O–H groups in total. The summed E-state index contributed by atoms with van der Waals surface area (Å²) in [6.07, 6.45) is 0.905. The number of methoxy groups -OCH3 is 2. The van der Waals surface area contributed by atoms with Crippen molar-refractivity contribution in [1.29, 1.82) is 0 Å². The van der Waals surface area contributed by atoms with E-state index in [1.807, 2.05) is 56.3 Å². The van der Waals surface area contributed by atoms with Gasteiger partial charge in [0.15, 0.2) is 5.96 Å². The molecule has 0 saturated heterocycles. The lowest BCUT2D eigenvalue weighted by atomic mass is 10.1. The lowest BCUT2D eigenvalue weighted by Crippen LogP contribution is -2.36. The maximum Gasteiger partial charge on any atom is 0.251 e. The van der Waals surface area contributed by atoms with Gasteiger partial charge in [0, 0.05) is 43.4 Å². The van der Waals surface area contributed by atoms with Crippen LogP contribution in [0.2, 0.25) is 0 Å². The third-order valence-corrected chi connectivity index (χ3v) is 4.83. The molecule has 0 spiro atoms. The Labute approximate surface area is 202 Å². The van der Waals surface area contributed by atoms with E-state index in [1.54, 1.807) is 21.3 Å². The standard InChI is InChI=1S/C23H32N4O3.HI/c1-6-16(2)27-22(28)18-9-7-17(8-10-18)14-25-23(24-3)26-15-19-11-12-20(29-4)13-21(19)30-5;/h7-13,16H,6,14-15H2,1-5H3,(H,27,28)(H2,24,25,26);1H. The normalized spacial score (nSPS) is 11.7. The third kappa shape index (κ3) is 8.28. The molecule has 0 aliphatic rings. The molecule has 1 unspecified atom stereocenters. The van der Waals surface area contributed by atoms with Crippen molar-refractivity contribution in [1.82, 2.24) is 16.0 Å². The van der Waals surface area contributed by atoms with Crippen molar-refractivity contribution < 1.29 is 14.3 Å². The summed E-state index contributed by atoms with van der Waals surface area (Å²) in [6.45, 7) is 5.19. The zero-order valence-electron chi connectivity index (χ0n) is 18.8. The van der Waals surface area contributed by atoms with Crippen LogP contribution < -0.4 is 25.4 Å². The van der Waals surface area contributed by atoms with Crippen molar-refractivity contribution >= 4 is 35.8 Å². The molecule has 0 radical (unpaired) electrons. The van der Waals surface area contributed by atoms with E-state index in [-0.39, 0.29) is 35.9 Å². The zero-order chi connectivity index (χ0) is 21.9. The summed E-state index contributed by atoms with van der Waals surface area (Å²) in [5.41, 5.74) is 2.71. The van der Waals surface area contributed by atoms with Crippen LogP contribution in [0, 0.1) is 0 Å². The maximum absolute atomic E-state index is 12.2. The van der Waals surface area contributed by atoms with E-state index in [0.29, 0.717) is 24.6 Å². The van der Waals surface area contributed by atoms with Gasteiger partial charge in [-0.15, -0.1) is 24.0 Å². The predicted octanol–water partition coefficient (Wildman–Crippen LogP) is 3.72. The lowest BCUT2D eigenvalue weighted by molar-refractivity contribution is 0.0939. The number of rotatable bonds is 9. The number of ether oxygens (including phenoxy) is 2. The number of nitrogens with one attached hydrogen (secondary N) is 3. The van der Waals surface area contributed by atoms with E-state index in [2.05, 4.69) is 20.9 Å². The fourth-order valence-corrected chi connectivity index (χ4v) is 2.77. The first-order valence-corrected chi connectivity index (χ1v) is 10.1. The van der Waals surface area contributed by atoms with Crippen molar-refractivity contribution in [3.8, 4) is 11.5 Å². The highest BCUT2D eigenvalue weighted by molar-refractivity contribution is 14.0. The Hall–Kier alpha value is -2.49. The Morgan fingerprint density at radius 1 is 1.03 bits per heavy atom. The van der Waals surface area contributed by atoms with E-state index < -0.39 is 0 Å². The minimum Gasteiger partial charge on any atom is -0.497 e. The highest BCUT2D eigenvalue weighted by atomic mass is 127. The summed E-state index contributed by atoms with van der Waals surface area (Å²) < 4.78 is 10.7. The molecule has 7 nitrogen and oxygen atoms in total. The number of guanidine groups is 1. The van der Waals surface area contributed by atoms with E-state index in [1.165, 1.54) is 0 Å². The molecule has 31 heavy (non-hydrogen) atoms. The molecule has 0 aromatic heterocycles.